The van der Waals surface area contributed by atoms with Crippen molar-refractivity contribution in [3.05, 3.63) is 74.8 Å². The Bertz CT molecular complexity index is 749. The van der Waals surface area contributed by atoms with Gasteiger partial charge in [0.2, 0.25) is 0 Å². The summed E-state index contributed by atoms with van der Waals surface area (Å²) in [4.78, 5) is 14.8. The van der Waals surface area contributed by atoms with E-state index in [0.717, 1.165) is 17.0 Å². The summed E-state index contributed by atoms with van der Waals surface area (Å²) in [5.74, 6) is 0.666. The van der Waals surface area contributed by atoms with Crippen LogP contribution in [0.5, 0.6) is 0 Å². The highest BCUT2D eigenvalue weighted by molar-refractivity contribution is 6.30. The van der Waals surface area contributed by atoms with Gasteiger partial charge in [-0.25, -0.2) is 4.99 Å². The van der Waals surface area contributed by atoms with Crippen LogP contribution in [0.15, 0.2) is 53.5 Å². The van der Waals surface area contributed by atoms with Gasteiger partial charge in [0.25, 0.3) is 5.69 Å². The lowest BCUT2D eigenvalue weighted by molar-refractivity contribution is -0.384. The first-order chi connectivity index (χ1) is 13.1. The summed E-state index contributed by atoms with van der Waals surface area (Å²) in [5.41, 5.74) is 2.15. The lowest BCUT2D eigenvalue weighted by Gasteiger charge is -2.12. The molecule has 0 bridgehead atoms. The third kappa shape index (κ3) is 7.64. The van der Waals surface area contributed by atoms with Gasteiger partial charge in [-0.15, -0.1) is 0 Å². The van der Waals surface area contributed by atoms with Crippen LogP contribution in [0.4, 0.5) is 5.69 Å². The molecule has 0 unspecified atom stereocenters. The van der Waals surface area contributed by atoms with Crippen LogP contribution in [0.2, 0.25) is 5.02 Å². The third-order valence-electron chi connectivity index (χ3n) is 3.78. The van der Waals surface area contributed by atoms with Crippen LogP contribution in [0.3, 0.4) is 0 Å². The summed E-state index contributed by atoms with van der Waals surface area (Å²) in [5, 5.41) is 17.9. The predicted molar refractivity (Wildman–Crippen MR) is 107 cm³/mol. The molecule has 0 saturated heterocycles. The monoisotopic (exact) mass is 390 g/mol. The van der Waals surface area contributed by atoms with E-state index in [1.807, 2.05) is 24.3 Å². The van der Waals surface area contributed by atoms with Crippen LogP contribution in [-0.2, 0) is 17.7 Å². The summed E-state index contributed by atoms with van der Waals surface area (Å²) < 4.78 is 5.05. The zero-order chi connectivity index (χ0) is 19.5. The van der Waals surface area contributed by atoms with Crippen molar-refractivity contribution < 1.29 is 9.66 Å². The van der Waals surface area contributed by atoms with Crippen LogP contribution in [0, 0.1) is 10.1 Å². The number of hydrogen-bond donors (Lipinski definition) is 2. The van der Waals surface area contributed by atoms with Crippen molar-refractivity contribution in [1.29, 1.82) is 0 Å². The second-order valence-electron chi connectivity index (χ2n) is 5.81. The number of hydrogen-bond acceptors (Lipinski definition) is 4. The number of halogens is 1. The Hall–Kier alpha value is -2.64. The minimum Gasteiger partial charge on any atom is -0.383 e. The van der Waals surface area contributed by atoms with Crippen LogP contribution < -0.4 is 10.6 Å². The second kappa shape index (κ2) is 11.2. The van der Waals surface area contributed by atoms with Crippen molar-refractivity contribution >= 4 is 23.2 Å². The molecule has 7 nitrogen and oxygen atoms in total. The molecular weight excluding hydrogens is 368 g/mol. The highest BCUT2D eigenvalue weighted by Gasteiger charge is 2.04. The molecule has 0 spiro atoms. The fraction of sp³-hybridized carbons (Fsp3) is 0.316. The van der Waals surface area contributed by atoms with E-state index >= 15 is 0 Å². The molecular formula is C19H23ClN4O3. The SMILES string of the molecule is COCCNC(=NCc1ccc([N+](=O)[O-])cc1)NCCc1ccc(Cl)cc1. The number of nitro benzene ring substituents is 1. The maximum atomic E-state index is 10.7. The zero-order valence-corrected chi connectivity index (χ0v) is 15.9. The maximum absolute atomic E-state index is 10.7. The molecule has 0 fully saturated rings. The molecule has 0 radical (unpaired) electrons. The molecule has 2 aromatic carbocycles. The topological polar surface area (TPSA) is 88.8 Å². The van der Waals surface area contributed by atoms with Crippen molar-refractivity contribution in [2.45, 2.75) is 13.0 Å². The number of nitrogens with one attached hydrogen (secondary N) is 2. The average molecular weight is 391 g/mol. The summed E-state index contributed by atoms with van der Waals surface area (Å²) in [6.45, 7) is 2.32. The lowest BCUT2D eigenvalue weighted by atomic mass is 10.1. The molecule has 27 heavy (non-hydrogen) atoms. The molecule has 2 rings (SSSR count). The van der Waals surface area contributed by atoms with Gasteiger partial charge in [-0.2, -0.15) is 0 Å². The lowest BCUT2D eigenvalue weighted by Crippen LogP contribution is -2.40. The molecule has 0 aliphatic carbocycles. The Morgan fingerprint density at radius 3 is 2.33 bits per heavy atom. The summed E-state index contributed by atoms with van der Waals surface area (Å²) >= 11 is 5.90. The van der Waals surface area contributed by atoms with Gasteiger partial charge in [0.15, 0.2) is 5.96 Å². The number of non-ortho nitro benzene ring substituents is 1. The van der Waals surface area contributed by atoms with E-state index in [-0.39, 0.29) is 5.69 Å². The van der Waals surface area contributed by atoms with Gasteiger partial charge in [0.1, 0.15) is 0 Å². The summed E-state index contributed by atoms with van der Waals surface area (Å²) in [7, 11) is 1.64. The van der Waals surface area contributed by atoms with E-state index in [9.17, 15) is 10.1 Å². The number of guanidine groups is 1. The fourth-order valence-electron chi connectivity index (χ4n) is 2.32. The van der Waals surface area contributed by atoms with Crippen molar-refractivity contribution in [2.24, 2.45) is 4.99 Å². The molecule has 2 aromatic rings. The number of aliphatic imine (C=N–C) groups is 1. The molecule has 2 N–H and O–H groups in total. The Balaban J connectivity index is 1.91. The van der Waals surface area contributed by atoms with Crippen LogP contribution in [0.1, 0.15) is 11.1 Å². The number of methoxy groups -OCH3 is 1. The second-order valence-corrected chi connectivity index (χ2v) is 6.25. The zero-order valence-electron chi connectivity index (χ0n) is 15.2. The Morgan fingerprint density at radius 2 is 1.70 bits per heavy atom. The minimum absolute atomic E-state index is 0.0715. The van der Waals surface area contributed by atoms with Gasteiger partial charge < -0.3 is 15.4 Å². The molecule has 0 heterocycles. The van der Waals surface area contributed by atoms with Gasteiger partial charge >= 0.3 is 0 Å². The van der Waals surface area contributed by atoms with Crippen molar-refractivity contribution in [2.75, 3.05) is 26.8 Å². The Morgan fingerprint density at radius 1 is 1.07 bits per heavy atom. The molecule has 0 aliphatic heterocycles. The van der Waals surface area contributed by atoms with Crippen LogP contribution in [-0.4, -0.2) is 37.7 Å². The molecule has 0 atom stereocenters. The van der Waals surface area contributed by atoms with Gasteiger partial charge in [-0.1, -0.05) is 35.9 Å². The van der Waals surface area contributed by atoms with E-state index in [0.29, 0.717) is 32.2 Å². The van der Waals surface area contributed by atoms with Crippen LogP contribution in [0.25, 0.3) is 0 Å². The third-order valence-corrected chi connectivity index (χ3v) is 4.04. The Kier molecular flexibility index (Phi) is 8.54. The highest BCUT2D eigenvalue weighted by Crippen LogP contribution is 2.12. The van der Waals surface area contributed by atoms with Crippen molar-refractivity contribution in [1.82, 2.24) is 10.6 Å². The standard InChI is InChI=1S/C19H23ClN4O3/c1-27-13-12-22-19(21-11-10-15-2-6-17(20)7-3-15)23-14-16-4-8-18(9-5-16)24(25)26/h2-9H,10-14H2,1H3,(H2,21,22,23). The molecule has 0 saturated carbocycles. The van der Waals surface area contributed by atoms with E-state index in [1.54, 1.807) is 19.2 Å². The molecule has 0 aliphatic rings. The normalized spacial score (nSPS) is 11.3. The largest absolute Gasteiger partial charge is 0.383 e. The quantitative estimate of drug-likeness (QED) is 0.226. The van der Waals surface area contributed by atoms with E-state index in [2.05, 4.69) is 15.6 Å². The van der Waals surface area contributed by atoms with Gasteiger partial charge in [-0.3, -0.25) is 10.1 Å². The first-order valence-electron chi connectivity index (χ1n) is 8.57. The smallest absolute Gasteiger partial charge is 0.269 e. The molecule has 8 heteroatoms. The average Bonchev–Trinajstić information content (AvgIpc) is 2.67. The number of ether oxygens (including phenoxy) is 1. The minimum atomic E-state index is -0.414. The number of rotatable bonds is 9. The van der Waals surface area contributed by atoms with Gasteiger partial charge in [0, 0.05) is 37.4 Å². The van der Waals surface area contributed by atoms with E-state index in [1.165, 1.54) is 17.7 Å². The number of benzene rings is 2. The predicted octanol–water partition coefficient (Wildman–Crippen LogP) is 3.17. The Labute approximate surface area is 163 Å². The van der Waals surface area contributed by atoms with Gasteiger partial charge in [0.05, 0.1) is 18.1 Å². The molecule has 0 aromatic heterocycles. The van der Waals surface area contributed by atoms with E-state index in [4.69, 9.17) is 16.3 Å². The first-order valence-corrected chi connectivity index (χ1v) is 8.95. The van der Waals surface area contributed by atoms with Crippen LogP contribution >= 0.6 is 11.6 Å². The van der Waals surface area contributed by atoms with Gasteiger partial charge in [-0.05, 0) is 29.7 Å². The number of nitrogens with zero attached hydrogens (tertiary/aromatic N) is 2. The molecule has 144 valence electrons. The van der Waals surface area contributed by atoms with Crippen molar-refractivity contribution in [3.63, 3.8) is 0 Å². The fourth-order valence-corrected chi connectivity index (χ4v) is 2.44. The first kappa shape index (κ1) is 20.7. The number of nitro groups is 1. The van der Waals surface area contributed by atoms with E-state index < -0.39 is 4.92 Å². The summed E-state index contributed by atoms with van der Waals surface area (Å²) in [6.07, 6.45) is 0.833. The highest BCUT2D eigenvalue weighted by atomic mass is 35.5. The molecule has 0 amide bonds. The summed E-state index contributed by atoms with van der Waals surface area (Å²) in [6, 6.07) is 14.1. The van der Waals surface area contributed by atoms with Crippen molar-refractivity contribution in [3.8, 4) is 0 Å². The maximum Gasteiger partial charge on any atom is 0.269 e.